The van der Waals surface area contributed by atoms with Gasteiger partial charge < -0.3 is 13.3 Å². The molecule has 0 aliphatic rings. The van der Waals surface area contributed by atoms with Gasteiger partial charge in [-0.3, -0.25) is 13.2 Å². The molecule has 0 saturated heterocycles. The smallest absolute Gasteiger partial charge is 0.165 e. The summed E-state index contributed by atoms with van der Waals surface area (Å²) in [5, 5.41) is 19.7. The zero-order valence-corrected chi connectivity index (χ0v) is 57.3. The van der Waals surface area contributed by atoms with Crippen molar-refractivity contribution in [2.45, 2.75) is 0 Å². The molecule has 12 heterocycles. The summed E-state index contributed by atoms with van der Waals surface area (Å²) in [4.78, 5) is 26.1. The van der Waals surface area contributed by atoms with Gasteiger partial charge in [0.15, 0.2) is 11.3 Å². The molecule has 108 heavy (non-hydrogen) atoms. The molecule has 27 aromatic rings. The third kappa shape index (κ3) is 7.91. The highest BCUT2D eigenvalue weighted by Crippen LogP contribution is 2.50. The highest BCUT2D eigenvalue weighted by molar-refractivity contribution is 6.36. The highest BCUT2D eigenvalue weighted by Gasteiger charge is 2.29. The van der Waals surface area contributed by atoms with Gasteiger partial charge in [-0.1, -0.05) is 224 Å². The lowest BCUT2D eigenvalue weighted by molar-refractivity contribution is 0.669. The van der Waals surface area contributed by atoms with Crippen LogP contribution in [0.25, 0.3) is 247 Å². The van der Waals surface area contributed by atoms with E-state index in [0.717, 1.165) is 171 Å². The lowest BCUT2D eigenvalue weighted by Gasteiger charge is -2.05. The second-order valence-electron chi connectivity index (χ2n) is 28.5. The molecule has 11 nitrogen and oxygen atoms in total. The zero-order valence-electron chi connectivity index (χ0n) is 57.3. The van der Waals surface area contributed by atoms with Crippen LogP contribution in [-0.4, -0.2) is 38.1 Å². The number of hydrogen-bond donors (Lipinski definition) is 0. The van der Waals surface area contributed by atoms with E-state index in [1.54, 1.807) is 0 Å². The topological polar surface area (TPSA) is 117 Å². The van der Waals surface area contributed by atoms with E-state index in [9.17, 15) is 0 Å². The predicted molar refractivity (Wildman–Crippen MR) is 443 cm³/mol. The van der Waals surface area contributed by atoms with E-state index in [-0.39, 0.29) is 0 Å². The molecule has 11 heteroatoms. The van der Waals surface area contributed by atoms with Crippen molar-refractivity contribution in [2.24, 2.45) is 0 Å². The van der Waals surface area contributed by atoms with E-state index in [0.29, 0.717) is 0 Å². The number of pyridine rings is 1. The minimum absolute atomic E-state index is 0.863. The van der Waals surface area contributed by atoms with Crippen molar-refractivity contribution in [3.63, 3.8) is 0 Å². The van der Waals surface area contributed by atoms with Crippen molar-refractivity contribution in [3.8, 4) is 33.4 Å². The van der Waals surface area contributed by atoms with Gasteiger partial charge in [-0.25, -0.2) is 24.9 Å². The molecular formula is C97H52N8O3. The number of rotatable bonds is 3. The third-order valence-electron chi connectivity index (χ3n) is 22.7. The van der Waals surface area contributed by atoms with Crippen molar-refractivity contribution in [1.29, 1.82) is 0 Å². The second-order valence-corrected chi connectivity index (χ2v) is 28.5. The SMILES string of the molecule is c1ccc(-c2ccc3cc4c5cc6oc7ccccc7c6c6c7ccccc7n(c4nc3c2)c56)cc1.c1ccc(-c2ccc3nc4c(nc3c2)c2c3oc5ccccc5c3cc3c5ccccc5n4c32)cc1.c1ccc(-c2ccc3nc4c5c6oc7ccccc7c6cc6c7ccccc7n(c4nc3c2)c65)cc1. The van der Waals surface area contributed by atoms with Crippen LogP contribution in [0.15, 0.2) is 329 Å². The summed E-state index contributed by atoms with van der Waals surface area (Å²) in [5.41, 5.74) is 28.3. The average Bonchev–Trinajstić information content (AvgIpc) is 1.53. The number of hydrogen-bond acceptors (Lipinski definition) is 8. The minimum Gasteiger partial charge on any atom is -0.456 e. The average molecular weight is 1380 g/mol. The van der Waals surface area contributed by atoms with Crippen LogP contribution in [0.5, 0.6) is 0 Å². The fourth-order valence-electron chi connectivity index (χ4n) is 18.0. The Bertz CT molecular complexity index is 8500. The minimum atomic E-state index is 0.863. The number of aromatic nitrogens is 8. The van der Waals surface area contributed by atoms with E-state index in [1.807, 2.05) is 42.5 Å². The molecule has 0 N–H and O–H groups in total. The molecule has 0 spiro atoms. The third-order valence-corrected chi connectivity index (χ3v) is 22.7. The fourth-order valence-corrected chi connectivity index (χ4v) is 18.0. The van der Waals surface area contributed by atoms with E-state index in [2.05, 4.69) is 286 Å². The van der Waals surface area contributed by atoms with Gasteiger partial charge in [-0.15, -0.1) is 0 Å². The van der Waals surface area contributed by atoms with Crippen LogP contribution in [0.4, 0.5) is 0 Å². The summed E-state index contributed by atoms with van der Waals surface area (Å²) in [6.07, 6.45) is 0. The molecule has 27 rings (SSSR count). The van der Waals surface area contributed by atoms with Gasteiger partial charge in [0.1, 0.15) is 50.2 Å². The predicted octanol–water partition coefficient (Wildman–Crippen LogP) is 25.6. The molecule has 0 aliphatic carbocycles. The summed E-state index contributed by atoms with van der Waals surface area (Å²) in [5.74, 6) is 0. The van der Waals surface area contributed by atoms with Crippen LogP contribution in [0.1, 0.15) is 0 Å². The molecule has 0 atom stereocenters. The van der Waals surface area contributed by atoms with E-state index >= 15 is 0 Å². The first-order valence-corrected chi connectivity index (χ1v) is 36.4. The molecule has 15 aromatic carbocycles. The molecule has 0 aliphatic heterocycles. The van der Waals surface area contributed by atoms with E-state index in [1.165, 1.54) is 76.4 Å². The monoisotopic (exact) mass is 1380 g/mol. The van der Waals surface area contributed by atoms with Gasteiger partial charge in [-0.05, 0) is 124 Å². The first-order chi connectivity index (χ1) is 53.5. The molecule has 0 fully saturated rings. The Hall–Kier alpha value is -14.8. The van der Waals surface area contributed by atoms with Crippen molar-refractivity contribution < 1.29 is 13.3 Å². The Labute approximate surface area is 610 Å². The Kier molecular flexibility index (Phi) is 11.4. The first kappa shape index (κ1) is 57.7. The fraction of sp³-hybridized carbons (Fsp3) is 0. The molecule has 0 unspecified atom stereocenters. The normalized spacial score (nSPS) is 12.4. The molecule has 12 aromatic heterocycles. The first-order valence-electron chi connectivity index (χ1n) is 36.4. The van der Waals surface area contributed by atoms with Gasteiger partial charge in [0.05, 0.1) is 71.5 Å². The van der Waals surface area contributed by atoms with Crippen molar-refractivity contribution in [3.05, 3.63) is 315 Å². The lowest BCUT2D eigenvalue weighted by Crippen LogP contribution is -1.90. The van der Waals surface area contributed by atoms with Crippen LogP contribution in [-0.2, 0) is 0 Å². The van der Waals surface area contributed by atoms with Crippen LogP contribution in [0.2, 0.25) is 0 Å². The Morgan fingerprint density at radius 1 is 0.204 bits per heavy atom. The van der Waals surface area contributed by atoms with Crippen molar-refractivity contribution >= 4 is 214 Å². The van der Waals surface area contributed by atoms with Crippen LogP contribution >= 0.6 is 0 Å². The van der Waals surface area contributed by atoms with E-state index < -0.39 is 0 Å². The van der Waals surface area contributed by atoms with Gasteiger partial charge in [0.25, 0.3) is 0 Å². The molecular weight excluding hydrogens is 1330 g/mol. The summed E-state index contributed by atoms with van der Waals surface area (Å²) in [7, 11) is 0. The maximum absolute atomic E-state index is 6.49. The summed E-state index contributed by atoms with van der Waals surface area (Å²) in [6, 6.07) is 110. The van der Waals surface area contributed by atoms with Crippen LogP contribution < -0.4 is 0 Å². The maximum Gasteiger partial charge on any atom is 0.165 e. The Morgan fingerprint density at radius 3 is 1.15 bits per heavy atom. The molecule has 498 valence electrons. The quantitative estimate of drug-likeness (QED) is 0.172. The number of furan rings is 3. The molecule has 0 bridgehead atoms. The largest absolute Gasteiger partial charge is 0.456 e. The Morgan fingerprint density at radius 2 is 0.593 bits per heavy atom. The van der Waals surface area contributed by atoms with Gasteiger partial charge >= 0.3 is 0 Å². The molecule has 0 radical (unpaired) electrons. The molecule has 0 saturated carbocycles. The second kappa shape index (κ2) is 21.4. The summed E-state index contributed by atoms with van der Waals surface area (Å²) >= 11 is 0. The van der Waals surface area contributed by atoms with Gasteiger partial charge in [0, 0.05) is 80.8 Å². The maximum atomic E-state index is 6.49. The number of para-hydroxylation sites is 6. The highest BCUT2D eigenvalue weighted by atomic mass is 16.3. The summed E-state index contributed by atoms with van der Waals surface area (Å²) in [6.45, 7) is 0. The zero-order chi connectivity index (χ0) is 70.1. The molecule has 0 amide bonds. The van der Waals surface area contributed by atoms with Gasteiger partial charge in [0.2, 0.25) is 0 Å². The van der Waals surface area contributed by atoms with Crippen LogP contribution in [0, 0.1) is 0 Å². The standard InChI is InChI=1S/C33H18N2O.2C32H17N3O/c1-2-8-19(9-3-1)20-14-15-21-16-25-24-18-29-30(23-11-5-7-13-28(23)36-29)31-22-10-4-6-12-27(22)35(32(24)31)33(25)34-26(21)17-20;1-2-8-18(9-3-1)19-14-15-24-25(16-19)33-29-28-30-22(17-23-21-11-5-7-13-27(21)36-31(23)28)20-10-4-6-12-26(20)35(30)32(29)34-24;1-2-8-18(9-3-1)19-14-15-24-25(16-19)34-32-29(33-24)28-30-22(20-10-4-6-12-26(20)35(30)32)17-23-21-11-5-7-13-27(21)36-31(23)28/h1-18H;2*1-17H. The van der Waals surface area contributed by atoms with Crippen molar-refractivity contribution in [2.75, 3.05) is 0 Å². The van der Waals surface area contributed by atoms with Crippen LogP contribution in [0.3, 0.4) is 0 Å². The number of fused-ring (bicyclic) bond motifs is 33. The Balaban J connectivity index is 0.0000000931. The lowest BCUT2D eigenvalue weighted by atomic mass is 10.0. The van der Waals surface area contributed by atoms with Crippen molar-refractivity contribution in [1.82, 2.24) is 38.1 Å². The number of nitrogens with zero attached hydrogens (tertiary/aromatic N) is 8. The summed E-state index contributed by atoms with van der Waals surface area (Å²) < 4.78 is 26.2. The van der Waals surface area contributed by atoms with Gasteiger partial charge in [-0.2, -0.15) is 0 Å². The van der Waals surface area contributed by atoms with E-state index in [4.69, 9.17) is 38.2 Å². The number of benzene rings is 15.